The third-order valence-corrected chi connectivity index (χ3v) is 5.77. The molecule has 0 unspecified atom stereocenters. The van der Waals surface area contributed by atoms with E-state index in [1.807, 2.05) is 32.4 Å². The van der Waals surface area contributed by atoms with Crippen molar-refractivity contribution in [1.29, 1.82) is 0 Å². The summed E-state index contributed by atoms with van der Waals surface area (Å²) in [5, 5.41) is 5.68. The number of halogens is 1. The van der Waals surface area contributed by atoms with Crippen molar-refractivity contribution < 1.29 is 17.6 Å². The zero-order valence-corrected chi connectivity index (χ0v) is 16.4. The Labute approximate surface area is 154 Å². The number of rotatable bonds is 5. The predicted molar refractivity (Wildman–Crippen MR) is 100 cm³/mol. The number of nitrogens with zero attached hydrogens (tertiary/aromatic N) is 1. The average molecular weight is 386 g/mol. The van der Waals surface area contributed by atoms with Gasteiger partial charge in [0.25, 0.3) is 0 Å². The van der Waals surface area contributed by atoms with Crippen LogP contribution in [-0.2, 0) is 10.2 Å². The molecule has 2 rings (SSSR count). The molecule has 7 nitrogen and oxygen atoms in total. The van der Waals surface area contributed by atoms with Crippen LogP contribution in [0.3, 0.4) is 0 Å². The highest BCUT2D eigenvalue weighted by Crippen LogP contribution is 2.33. The molecule has 1 heterocycles. The third-order valence-electron chi connectivity index (χ3n) is 4.28. The molecule has 146 valence electrons. The number of nitrogens with one attached hydrogen (secondary N) is 3. The third kappa shape index (κ3) is 4.93. The van der Waals surface area contributed by atoms with Gasteiger partial charge in [-0.2, -0.15) is 12.7 Å². The topological polar surface area (TPSA) is 90.5 Å². The maximum absolute atomic E-state index is 13.9. The van der Waals surface area contributed by atoms with E-state index < -0.39 is 16.2 Å². The minimum absolute atomic E-state index is 0.0386. The summed E-state index contributed by atoms with van der Waals surface area (Å²) in [7, 11) is -3.92. The molecule has 0 spiro atoms. The van der Waals surface area contributed by atoms with E-state index in [1.54, 1.807) is 0 Å². The molecule has 0 bridgehead atoms. The molecule has 1 aliphatic rings. The summed E-state index contributed by atoms with van der Waals surface area (Å²) in [5.41, 5.74) is 1.72. The Morgan fingerprint density at radius 2 is 1.62 bits per heavy atom. The Kier molecular flexibility index (Phi) is 6.59. The van der Waals surface area contributed by atoms with Gasteiger partial charge < -0.3 is 10.6 Å². The SMILES string of the molecule is CC(C)c1cc(F)cc(C(C)C)c1NC(=O)NS(=O)(=O)N1CCNCC1. The summed E-state index contributed by atoms with van der Waals surface area (Å²) >= 11 is 0. The number of carbonyl (C=O) groups excluding carboxylic acids is 1. The molecule has 1 aromatic carbocycles. The highest BCUT2D eigenvalue weighted by Gasteiger charge is 2.26. The van der Waals surface area contributed by atoms with Gasteiger partial charge in [-0.1, -0.05) is 27.7 Å². The zero-order valence-electron chi connectivity index (χ0n) is 15.6. The van der Waals surface area contributed by atoms with Crippen LogP contribution in [0.2, 0.25) is 0 Å². The zero-order chi connectivity index (χ0) is 19.5. The first kappa shape index (κ1) is 20.6. The first-order chi connectivity index (χ1) is 12.1. The van der Waals surface area contributed by atoms with Crippen molar-refractivity contribution in [1.82, 2.24) is 14.3 Å². The Morgan fingerprint density at radius 1 is 1.12 bits per heavy atom. The van der Waals surface area contributed by atoms with Crippen LogP contribution in [0.5, 0.6) is 0 Å². The molecule has 0 atom stereocenters. The van der Waals surface area contributed by atoms with E-state index in [-0.39, 0.29) is 17.7 Å². The van der Waals surface area contributed by atoms with E-state index in [0.717, 1.165) is 0 Å². The van der Waals surface area contributed by atoms with Gasteiger partial charge >= 0.3 is 16.2 Å². The molecule has 0 radical (unpaired) electrons. The fraction of sp³-hybridized carbons (Fsp3) is 0.588. The second kappa shape index (κ2) is 8.32. The van der Waals surface area contributed by atoms with E-state index in [2.05, 4.69) is 10.6 Å². The molecular weight excluding hydrogens is 359 g/mol. The van der Waals surface area contributed by atoms with Crippen molar-refractivity contribution in [2.75, 3.05) is 31.5 Å². The van der Waals surface area contributed by atoms with Crippen LogP contribution in [0, 0.1) is 5.82 Å². The Bertz CT molecular complexity index is 730. The molecule has 2 amide bonds. The maximum atomic E-state index is 13.9. The van der Waals surface area contributed by atoms with Crippen molar-refractivity contribution in [3.8, 4) is 0 Å². The van der Waals surface area contributed by atoms with Crippen molar-refractivity contribution in [3.05, 3.63) is 29.1 Å². The fourth-order valence-corrected chi connectivity index (χ4v) is 3.99. The molecule has 0 saturated carbocycles. The van der Waals surface area contributed by atoms with Crippen LogP contribution in [0.25, 0.3) is 0 Å². The highest BCUT2D eigenvalue weighted by molar-refractivity contribution is 7.87. The average Bonchev–Trinajstić information content (AvgIpc) is 2.56. The number of carbonyl (C=O) groups is 1. The molecule has 26 heavy (non-hydrogen) atoms. The molecular formula is C17H27FN4O3S. The summed E-state index contributed by atoms with van der Waals surface area (Å²) in [6, 6.07) is 1.90. The first-order valence-corrected chi connectivity index (χ1v) is 10.2. The number of amides is 2. The van der Waals surface area contributed by atoms with E-state index in [0.29, 0.717) is 43.0 Å². The quantitative estimate of drug-likeness (QED) is 0.724. The van der Waals surface area contributed by atoms with Gasteiger partial charge in [-0.05, 0) is 35.1 Å². The predicted octanol–water partition coefficient (Wildman–Crippen LogP) is 2.34. The van der Waals surface area contributed by atoms with Crippen LogP contribution in [0.4, 0.5) is 14.9 Å². The van der Waals surface area contributed by atoms with Crippen molar-refractivity contribution >= 4 is 21.9 Å². The molecule has 1 saturated heterocycles. The standard InChI is InChI=1S/C17H27FN4O3S/c1-11(2)14-9-13(18)10-15(12(3)4)16(14)20-17(23)21-26(24,25)22-7-5-19-6-8-22/h9-12,19H,5-8H2,1-4H3,(H2,20,21,23). The Morgan fingerprint density at radius 3 is 2.08 bits per heavy atom. The number of piperazine rings is 1. The summed E-state index contributed by atoms with van der Waals surface area (Å²) in [4.78, 5) is 12.4. The van der Waals surface area contributed by atoms with Crippen LogP contribution >= 0.6 is 0 Å². The van der Waals surface area contributed by atoms with Crippen LogP contribution < -0.4 is 15.4 Å². The molecule has 3 N–H and O–H groups in total. The van der Waals surface area contributed by atoms with Gasteiger partial charge in [0.15, 0.2) is 0 Å². The lowest BCUT2D eigenvalue weighted by Crippen LogP contribution is -2.52. The molecule has 1 aromatic rings. The van der Waals surface area contributed by atoms with Gasteiger partial charge in [-0.25, -0.2) is 13.9 Å². The smallest absolute Gasteiger partial charge is 0.314 e. The van der Waals surface area contributed by atoms with E-state index in [1.165, 1.54) is 16.4 Å². The van der Waals surface area contributed by atoms with Gasteiger partial charge in [0.2, 0.25) is 0 Å². The molecule has 9 heteroatoms. The van der Waals surface area contributed by atoms with Crippen LogP contribution in [-0.4, -0.2) is 44.9 Å². The lowest BCUT2D eigenvalue weighted by molar-refractivity contribution is 0.255. The molecule has 0 aliphatic carbocycles. The monoisotopic (exact) mass is 386 g/mol. The minimum atomic E-state index is -3.92. The summed E-state index contributed by atoms with van der Waals surface area (Å²) < 4.78 is 41.9. The fourth-order valence-electron chi connectivity index (χ4n) is 2.91. The first-order valence-electron chi connectivity index (χ1n) is 8.74. The van der Waals surface area contributed by atoms with Crippen molar-refractivity contribution in [3.63, 3.8) is 0 Å². The Hall–Kier alpha value is -1.71. The second-order valence-corrected chi connectivity index (χ2v) is 8.65. The number of hydrogen-bond acceptors (Lipinski definition) is 4. The van der Waals surface area contributed by atoms with E-state index in [4.69, 9.17) is 0 Å². The maximum Gasteiger partial charge on any atom is 0.333 e. The number of benzene rings is 1. The molecule has 1 aliphatic heterocycles. The van der Waals surface area contributed by atoms with Crippen molar-refractivity contribution in [2.45, 2.75) is 39.5 Å². The lowest BCUT2D eigenvalue weighted by Gasteiger charge is -2.27. The molecule has 1 fully saturated rings. The minimum Gasteiger partial charge on any atom is -0.314 e. The highest BCUT2D eigenvalue weighted by atomic mass is 32.2. The summed E-state index contributed by atoms with van der Waals surface area (Å²) in [6.45, 7) is 9.23. The van der Waals surface area contributed by atoms with Crippen LogP contribution in [0.15, 0.2) is 12.1 Å². The van der Waals surface area contributed by atoms with Gasteiger partial charge in [0.05, 0.1) is 0 Å². The second-order valence-electron chi connectivity index (χ2n) is 6.98. The lowest BCUT2D eigenvalue weighted by atomic mass is 9.92. The van der Waals surface area contributed by atoms with E-state index >= 15 is 0 Å². The van der Waals surface area contributed by atoms with Gasteiger partial charge in [-0.15, -0.1) is 0 Å². The number of urea groups is 1. The van der Waals surface area contributed by atoms with E-state index in [9.17, 15) is 17.6 Å². The van der Waals surface area contributed by atoms with Crippen molar-refractivity contribution in [2.24, 2.45) is 0 Å². The van der Waals surface area contributed by atoms with Gasteiger partial charge in [0, 0.05) is 31.9 Å². The summed E-state index contributed by atoms with van der Waals surface area (Å²) in [6.07, 6.45) is 0. The van der Waals surface area contributed by atoms with Gasteiger partial charge in [-0.3, -0.25) is 0 Å². The van der Waals surface area contributed by atoms with Gasteiger partial charge in [0.1, 0.15) is 5.82 Å². The summed E-state index contributed by atoms with van der Waals surface area (Å²) in [5.74, 6) is -0.455. The number of hydrogen-bond donors (Lipinski definition) is 3. The largest absolute Gasteiger partial charge is 0.333 e. The molecule has 0 aromatic heterocycles. The normalized spacial score (nSPS) is 16.1. The van der Waals surface area contributed by atoms with Crippen LogP contribution in [0.1, 0.15) is 50.7 Å². The Balaban J connectivity index is 2.25. The number of anilines is 1.